The van der Waals surface area contributed by atoms with Gasteiger partial charge in [-0.15, -0.1) is 0 Å². The molecule has 0 aliphatic heterocycles. The number of aryl methyl sites for hydroxylation is 1. The number of carbonyl (C=O) groups is 1. The van der Waals surface area contributed by atoms with Gasteiger partial charge in [-0.2, -0.15) is 5.10 Å². The molecule has 7 heteroatoms. The molecule has 1 rings (SSSR count). The lowest BCUT2D eigenvalue weighted by molar-refractivity contribution is -0.128. The van der Waals surface area contributed by atoms with Crippen LogP contribution >= 0.6 is 15.9 Å². The molecule has 0 saturated heterocycles. The number of hydrogen-bond acceptors (Lipinski definition) is 4. The Labute approximate surface area is 127 Å². The summed E-state index contributed by atoms with van der Waals surface area (Å²) in [4.78, 5) is 23.7. The number of anilines is 1. The average Bonchev–Trinajstić information content (AvgIpc) is 2.42. The first-order chi connectivity index (χ1) is 9.33. The van der Waals surface area contributed by atoms with Gasteiger partial charge in [0.05, 0.1) is 17.3 Å². The minimum Gasteiger partial charge on any atom is -0.382 e. The molecule has 1 heterocycles. The Balaban J connectivity index is 2.87. The minimum absolute atomic E-state index is 0.0617. The molecular formula is C13H21BrN4O2. The highest BCUT2D eigenvalue weighted by Crippen LogP contribution is 2.20. The van der Waals surface area contributed by atoms with Crippen LogP contribution in [-0.2, 0) is 11.3 Å². The Bertz CT molecular complexity index is 540. The van der Waals surface area contributed by atoms with Crippen LogP contribution in [0.5, 0.6) is 0 Å². The van der Waals surface area contributed by atoms with Crippen LogP contribution in [0, 0.1) is 5.41 Å². The number of nitrogens with one attached hydrogen (secondary N) is 2. The fourth-order valence-electron chi connectivity index (χ4n) is 1.69. The van der Waals surface area contributed by atoms with Crippen molar-refractivity contribution in [3.05, 3.63) is 21.0 Å². The number of carbonyl (C=O) groups excluding carboxylic acids is 1. The molecule has 20 heavy (non-hydrogen) atoms. The van der Waals surface area contributed by atoms with Crippen LogP contribution < -0.4 is 16.2 Å². The van der Waals surface area contributed by atoms with Gasteiger partial charge in [-0.1, -0.05) is 6.92 Å². The number of halogens is 1. The molecule has 6 nitrogen and oxygen atoms in total. The Morgan fingerprint density at radius 3 is 2.70 bits per heavy atom. The Kier molecular flexibility index (Phi) is 5.74. The van der Waals surface area contributed by atoms with Gasteiger partial charge in [-0.05, 0) is 36.2 Å². The van der Waals surface area contributed by atoms with E-state index in [0.717, 1.165) is 6.42 Å². The van der Waals surface area contributed by atoms with E-state index in [1.165, 1.54) is 4.68 Å². The molecule has 0 aromatic carbocycles. The summed E-state index contributed by atoms with van der Waals surface area (Å²) >= 11 is 3.29. The van der Waals surface area contributed by atoms with Gasteiger partial charge >= 0.3 is 0 Å². The van der Waals surface area contributed by atoms with Crippen molar-refractivity contribution in [3.63, 3.8) is 0 Å². The Morgan fingerprint density at radius 2 is 2.15 bits per heavy atom. The zero-order valence-corrected chi connectivity index (χ0v) is 13.9. The number of hydrogen-bond donors (Lipinski definition) is 2. The maximum Gasteiger partial charge on any atom is 0.283 e. The quantitative estimate of drug-likeness (QED) is 0.821. The highest BCUT2D eigenvalue weighted by atomic mass is 79.9. The second kappa shape index (κ2) is 6.88. The second-order valence-corrected chi connectivity index (χ2v) is 6.01. The summed E-state index contributed by atoms with van der Waals surface area (Å²) in [5, 5.41) is 9.82. The van der Waals surface area contributed by atoms with Crippen LogP contribution in [0.3, 0.4) is 0 Å². The summed E-state index contributed by atoms with van der Waals surface area (Å²) in [7, 11) is 1.60. The van der Waals surface area contributed by atoms with Crippen molar-refractivity contribution in [3.8, 4) is 0 Å². The van der Waals surface area contributed by atoms with Crippen molar-refractivity contribution >= 4 is 27.5 Å². The summed E-state index contributed by atoms with van der Waals surface area (Å²) in [6.07, 6.45) is 2.44. The molecule has 0 aliphatic rings. The standard InChI is InChI=1S/C13H21BrN4O2/c1-5-6-18-11(19)10(14)9(7-17-18)16-8-13(2,3)12(20)15-4/h7,16H,5-6,8H2,1-4H3,(H,15,20). The van der Waals surface area contributed by atoms with Gasteiger partial charge in [0, 0.05) is 20.1 Å². The van der Waals surface area contributed by atoms with Crippen molar-refractivity contribution < 1.29 is 4.79 Å². The summed E-state index contributed by atoms with van der Waals surface area (Å²) in [6.45, 7) is 6.64. The first kappa shape index (κ1) is 16.7. The predicted molar refractivity (Wildman–Crippen MR) is 82.8 cm³/mol. The summed E-state index contributed by atoms with van der Waals surface area (Å²) in [6, 6.07) is 0. The van der Waals surface area contributed by atoms with E-state index in [1.54, 1.807) is 13.2 Å². The first-order valence-corrected chi connectivity index (χ1v) is 7.34. The fraction of sp³-hybridized carbons (Fsp3) is 0.615. The molecule has 0 bridgehead atoms. The third-order valence-electron chi connectivity index (χ3n) is 2.98. The molecule has 0 aliphatic carbocycles. The molecule has 0 unspecified atom stereocenters. The van der Waals surface area contributed by atoms with E-state index in [1.807, 2.05) is 20.8 Å². The van der Waals surface area contributed by atoms with Crippen LogP contribution in [0.25, 0.3) is 0 Å². The molecule has 0 atom stereocenters. The molecule has 2 N–H and O–H groups in total. The highest BCUT2D eigenvalue weighted by molar-refractivity contribution is 9.10. The maximum atomic E-state index is 12.0. The average molecular weight is 345 g/mol. The van der Waals surface area contributed by atoms with Crippen molar-refractivity contribution in [1.29, 1.82) is 0 Å². The topological polar surface area (TPSA) is 76.0 Å². The maximum absolute atomic E-state index is 12.0. The lowest BCUT2D eigenvalue weighted by Crippen LogP contribution is -2.39. The van der Waals surface area contributed by atoms with Crippen LogP contribution in [0.2, 0.25) is 0 Å². The van der Waals surface area contributed by atoms with Crippen molar-refractivity contribution in [1.82, 2.24) is 15.1 Å². The number of aromatic nitrogens is 2. The van der Waals surface area contributed by atoms with Crippen LogP contribution in [0.4, 0.5) is 5.69 Å². The monoisotopic (exact) mass is 344 g/mol. The van der Waals surface area contributed by atoms with E-state index in [0.29, 0.717) is 23.2 Å². The zero-order chi connectivity index (χ0) is 15.3. The van der Waals surface area contributed by atoms with Gasteiger partial charge in [-0.3, -0.25) is 9.59 Å². The van der Waals surface area contributed by atoms with E-state index in [2.05, 4.69) is 31.7 Å². The van der Waals surface area contributed by atoms with E-state index >= 15 is 0 Å². The molecule has 1 amide bonds. The molecule has 0 spiro atoms. The first-order valence-electron chi connectivity index (χ1n) is 6.55. The van der Waals surface area contributed by atoms with E-state index < -0.39 is 5.41 Å². The molecule has 0 saturated carbocycles. The molecule has 1 aromatic rings. The second-order valence-electron chi connectivity index (χ2n) is 5.22. The lowest BCUT2D eigenvalue weighted by Gasteiger charge is -2.23. The number of amides is 1. The van der Waals surface area contributed by atoms with Crippen molar-refractivity contribution in [2.75, 3.05) is 18.9 Å². The van der Waals surface area contributed by atoms with Gasteiger partial charge in [-0.25, -0.2) is 4.68 Å². The van der Waals surface area contributed by atoms with E-state index in [-0.39, 0.29) is 11.5 Å². The van der Waals surface area contributed by atoms with Crippen LogP contribution in [0.1, 0.15) is 27.2 Å². The highest BCUT2D eigenvalue weighted by Gasteiger charge is 2.26. The summed E-state index contributed by atoms with van der Waals surface area (Å²) in [5.41, 5.74) is -0.152. The van der Waals surface area contributed by atoms with Gasteiger partial charge < -0.3 is 10.6 Å². The molecule has 112 valence electrons. The third kappa shape index (κ3) is 3.82. The fourth-order valence-corrected chi connectivity index (χ4v) is 2.14. The van der Waals surface area contributed by atoms with Crippen molar-refractivity contribution in [2.45, 2.75) is 33.7 Å². The molecule has 0 fully saturated rings. The number of rotatable bonds is 6. The molecule has 0 radical (unpaired) electrons. The lowest BCUT2D eigenvalue weighted by atomic mass is 9.92. The molecular weight excluding hydrogens is 324 g/mol. The third-order valence-corrected chi connectivity index (χ3v) is 3.75. The zero-order valence-electron chi connectivity index (χ0n) is 12.3. The van der Waals surface area contributed by atoms with E-state index in [9.17, 15) is 9.59 Å². The summed E-state index contributed by atoms with van der Waals surface area (Å²) in [5.74, 6) is -0.0617. The van der Waals surface area contributed by atoms with Gasteiger partial charge in [0.1, 0.15) is 4.47 Å². The van der Waals surface area contributed by atoms with Gasteiger partial charge in [0.25, 0.3) is 5.56 Å². The Hall–Kier alpha value is -1.37. The Morgan fingerprint density at radius 1 is 1.50 bits per heavy atom. The largest absolute Gasteiger partial charge is 0.382 e. The SMILES string of the molecule is CCCn1ncc(NCC(C)(C)C(=O)NC)c(Br)c1=O. The summed E-state index contributed by atoms with van der Waals surface area (Å²) < 4.78 is 1.85. The van der Waals surface area contributed by atoms with Gasteiger partial charge in [0.2, 0.25) is 5.91 Å². The van der Waals surface area contributed by atoms with Crippen LogP contribution in [0.15, 0.2) is 15.5 Å². The van der Waals surface area contributed by atoms with Gasteiger partial charge in [0.15, 0.2) is 0 Å². The normalized spacial score (nSPS) is 11.2. The van der Waals surface area contributed by atoms with Crippen LogP contribution in [-0.4, -0.2) is 29.3 Å². The van der Waals surface area contributed by atoms with E-state index in [4.69, 9.17) is 0 Å². The minimum atomic E-state index is -0.577. The van der Waals surface area contributed by atoms with Crippen molar-refractivity contribution in [2.24, 2.45) is 5.41 Å². The smallest absolute Gasteiger partial charge is 0.283 e. The number of nitrogens with zero attached hydrogens (tertiary/aromatic N) is 2. The molecule has 1 aromatic heterocycles. The predicted octanol–water partition coefficient (Wildman–Crippen LogP) is 1.60.